The summed E-state index contributed by atoms with van der Waals surface area (Å²) in [6.45, 7) is 0.900. The van der Waals surface area contributed by atoms with E-state index in [4.69, 9.17) is 4.74 Å². The van der Waals surface area contributed by atoms with Crippen molar-refractivity contribution in [3.63, 3.8) is 0 Å². The average molecular weight is 217 g/mol. The Morgan fingerprint density at radius 2 is 2.31 bits per heavy atom. The summed E-state index contributed by atoms with van der Waals surface area (Å²) in [5, 5.41) is 7.69. The molecule has 0 spiro atoms. The van der Waals surface area contributed by atoms with Gasteiger partial charge in [-0.05, 0) is 30.5 Å². The molecule has 2 aromatic rings. The van der Waals surface area contributed by atoms with Crippen LogP contribution in [0.4, 0.5) is 0 Å². The molecule has 0 aliphatic carbocycles. The van der Waals surface area contributed by atoms with Crippen molar-refractivity contribution in [2.75, 3.05) is 7.11 Å². The van der Waals surface area contributed by atoms with Gasteiger partial charge in [-0.15, -0.1) is 5.10 Å². The molecule has 0 radical (unpaired) electrons. The zero-order chi connectivity index (χ0) is 11.2. The van der Waals surface area contributed by atoms with E-state index >= 15 is 0 Å². The SMILES string of the molecule is COc1cccc(CCCn2ccnn2)c1. The number of aryl methyl sites for hydroxylation is 2. The molecule has 4 nitrogen and oxygen atoms in total. The normalized spacial score (nSPS) is 10.3. The highest BCUT2D eigenvalue weighted by molar-refractivity contribution is 5.28. The number of rotatable bonds is 5. The predicted molar refractivity (Wildman–Crippen MR) is 61.3 cm³/mol. The van der Waals surface area contributed by atoms with Gasteiger partial charge in [0.1, 0.15) is 5.75 Å². The predicted octanol–water partition coefficient (Wildman–Crippen LogP) is 1.92. The van der Waals surface area contributed by atoms with Crippen LogP contribution in [-0.4, -0.2) is 22.1 Å². The van der Waals surface area contributed by atoms with Crippen molar-refractivity contribution in [2.24, 2.45) is 0 Å². The monoisotopic (exact) mass is 217 g/mol. The van der Waals surface area contributed by atoms with Gasteiger partial charge in [-0.25, -0.2) is 0 Å². The molecule has 0 aliphatic rings. The Kier molecular flexibility index (Phi) is 3.53. The van der Waals surface area contributed by atoms with E-state index in [-0.39, 0.29) is 0 Å². The minimum atomic E-state index is 0.900. The first-order chi connectivity index (χ1) is 7.88. The Hall–Kier alpha value is -1.84. The first-order valence-electron chi connectivity index (χ1n) is 5.35. The van der Waals surface area contributed by atoms with Crippen LogP contribution in [0.3, 0.4) is 0 Å². The fourth-order valence-corrected chi connectivity index (χ4v) is 1.63. The van der Waals surface area contributed by atoms with Gasteiger partial charge in [0, 0.05) is 12.7 Å². The molecule has 0 saturated carbocycles. The van der Waals surface area contributed by atoms with E-state index in [2.05, 4.69) is 22.4 Å². The Labute approximate surface area is 94.9 Å². The molecule has 16 heavy (non-hydrogen) atoms. The van der Waals surface area contributed by atoms with E-state index in [9.17, 15) is 0 Å². The molecular weight excluding hydrogens is 202 g/mol. The highest BCUT2D eigenvalue weighted by Gasteiger charge is 1.97. The largest absolute Gasteiger partial charge is 0.497 e. The first kappa shape index (κ1) is 10.7. The summed E-state index contributed by atoms with van der Waals surface area (Å²) >= 11 is 0. The van der Waals surface area contributed by atoms with Crippen LogP contribution < -0.4 is 4.74 Å². The van der Waals surface area contributed by atoms with Crippen molar-refractivity contribution in [2.45, 2.75) is 19.4 Å². The lowest BCUT2D eigenvalue weighted by Crippen LogP contribution is -2.00. The van der Waals surface area contributed by atoms with E-state index in [1.165, 1.54) is 5.56 Å². The van der Waals surface area contributed by atoms with Crippen LogP contribution in [0, 0.1) is 0 Å². The Balaban J connectivity index is 1.85. The Morgan fingerprint density at radius 1 is 1.38 bits per heavy atom. The van der Waals surface area contributed by atoms with E-state index < -0.39 is 0 Å². The van der Waals surface area contributed by atoms with Crippen molar-refractivity contribution in [1.29, 1.82) is 0 Å². The molecule has 1 aromatic heterocycles. The molecule has 4 heteroatoms. The van der Waals surface area contributed by atoms with E-state index in [0.29, 0.717) is 0 Å². The van der Waals surface area contributed by atoms with Gasteiger partial charge < -0.3 is 4.74 Å². The Morgan fingerprint density at radius 3 is 3.06 bits per heavy atom. The standard InChI is InChI=1S/C12H15N3O/c1-16-12-6-2-4-11(10-12)5-3-8-15-9-7-13-14-15/h2,4,6-7,9-10H,3,5,8H2,1H3. The fourth-order valence-electron chi connectivity index (χ4n) is 1.63. The number of methoxy groups -OCH3 is 1. The molecule has 0 atom stereocenters. The number of hydrogen-bond donors (Lipinski definition) is 0. The topological polar surface area (TPSA) is 39.9 Å². The smallest absolute Gasteiger partial charge is 0.119 e. The number of ether oxygens (including phenoxy) is 1. The lowest BCUT2D eigenvalue weighted by molar-refractivity contribution is 0.414. The van der Waals surface area contributed by atoms with Crippen LogP contribution in [0.15, 0.2) is 36.7 Å². The van der Waals surface area contributed by atoms with Crippen LogP contribution in [-0.2, 0) is 13.0 Å². The lowest BCUT2D eigenvalue weighted by atomic mass is 10.1. The summed E-state index contributed by atoms with van der Waals surface area (Å²) in [6, 6.07) is 8.16. The molecule has 2 rings (SSSR count). The Bertz CT molecular complexity index is 426. The second-order valence-corrected chi connectivity index (χ2v) is 3.62. The van der Waals surface area contributed by atoms with Gasteiger partial charge in [0.05, 0.1) is 13.3 Å². The minimum Gasteiger partial charge on any atom is -0.497 e. The maximum Gasteiger partial charge on any atom is 0.119 e. The molecule has 0 saturated heterocycles. The van der Waals surface area contributed by atoms with Gasteiger partial charge >= 0.3 is 0 Å². The van der Waals surface area contributed by atoms with E-state index in [1.807, 2.05) is 23.0 Å². The van der Waals surface area contributed by atoms with Gasteiger partial charge in [0.15, 0.2) is 0 Å². The van der Waals surface area contributed by atoms with Gasteiger partial charge in [-0.2, -0.15) is 0 Å². The van der Waals surface area contributed by atoms with Crippen molar-refractivity contribution in [1.82, 2.24) is 15.0 Å². The molecule has 0 bridgehead atoms. The molecule has 0 N–H and O–H groups in total. The van der Waals surface area contributed by atoms with Gasteiger partial charge in [0.25, 0.3) is 0 Å². The quantitative estimate of drug-likeness (QED) is 0.768. The molecule has 0 fully saturated rings. The molecule has 0 aliphatic heterocycles. The summed E-state index contributed by atoms with van der Waals surface area (Å²) < 4.78 is 7.03. The van der Waals surface area contributed by atoms with Gasteiger partial charge in [-0.3, -0.25) is 4.68 Å². The highest BCUT2D eigenvalue weighted by atomic mass is 16.5. The maximum atomic E-state index is 5.18. The molecule has 0 amide bonds. The summed E-state index contributed by atoms with van der Waals surface area (Å²) in [7, 11) is 1.69. The van der Waals surface area contributed by atoms with Crippen LogP contribution >= 0.6 is 0 Å². The number of aromatic nitrogens is 3. The summed E-state index contributed by atoms with van der Waals surface area (Å²) in [6.07, 6.45) is 5.66. The van der Waals surface area contributed by atoms with Crippen molar-refractivity contribution >= 4 is 0 Å². The third-order valence-electron chi connectivity index (χ3n) is 2.46. The summed E-state index contributed by atoms with van der Waals surface area (Å²) in [5.74, 6) is 0.915. The van der Waals surface area contributed by atoms with Crippen molar-refractivity contribution in [3.8, 4) is 5.75 Å². The van der Waals surface area contributed by atoms with Crippen molar-refractivity contribution < 1.29 is 4.74 Å². The summed E-state index contributed by atoms with van der Waals surface area (Å²) in [4.78, 5) is 0. The minimum absolute atomic E-state index is 0.900. The molecule has 84 valence electrons. The zero-order valence-electron chi connectivity index (χ0n) is 9.34. The van der Waals surface area contributed by atoms with Crippen LogP contribution in [0.5, 0.6) is 5.75 Å². The van der Waals surface area contributed by atoms with Crippen LogP contribution in [0.2, 0.25) is 0 Å². The third-order valence-corrected chi connectivity index (χ3v) is 2.46. The van der Waals surface area contributed by atoms with Gasteiger partial charge in [0.2, 0.25) is 0 Å². The lowest BCUT2D eigenvalue weighted by Gasteiger charge is -2.04. The number of hydrogen-bond acceptors (Lipinski definition) is 3. The van der Waals surface area contributed by atoms with E-state index in [1.54, 1.807) is 13.3 Å². The highest BCUT2D eigenvalue weighted by Crippen LogP contribution is 2.13. The number of benzene rings is 1. The van der Waals surface area contributed by atoms with Crippen molar-refractivity contribution in [3.05, 3.63) is 42.2 Å². The maximum absolute atomic E-state index is 5.18. The van der Waals surface area contributed by atoms with Crippen LogP contribution in [0.25, 0.3) is 0 Å². The van der Waals surface area contributed by atoms with Crippen LogP contribution in [0.1, 0.15) is 12.0 Å². The average Bonchev–Trinajstić information content (AvgIpc) is 2.82. The molecule has 1 heterocycles. The zero-order valence-corrected chi connectivity index (χ0v) is 9.34. The molecule has 1 aromatic carbocycles. The fraction of sp³-hybridized carbons (Fsp3) is 0.333. The first-order valence-corrected chi connectivity index (χ1v) is 5.35. The second-order valence-electron chi connectivity index (χ2n) is 3.62. The number of nitrogens with zero attached hydrogens (tertiary/aromatic N) is 3. The second kappa shape index (κ2) is 5.30. The molecule has 0 unspecified atom stereocenters. The third kappa shape index (κ3) is 2.82. The van der Waals surface area contributed by atoms with Gasteiger partial charge in [-0.1, -0.05) is 17.3 Å². The molecular formula is C12H15N3O. The van der Waals surface area contributed by atoms with E-state index in [0.717, 1.165) is 25.1 Å². The summed E-state index contributed by atoms with van der Waals surface area (Å²) in [5.41, 5.74) is 1.29.